The summed E-state index contributed by atoms with van der Waals surface area (Å²) in [5.41, 5.74) is 6.85. The van der Waals surface area contributed by atoms with Gasteiger partial charge in [0.2, 0.25) is 0 Å². The average Bonchev–Trinajstić information content (AvgIpc) is 2.84. The highest BCUT2D eigenvalue weighted by atomic mass is 32.1. The third-order valence-electron chi connectivity index (χ3n) is 3.02. The number of nitrogens with two attached hydrogens (primary N) is 1. The van der Waals surface area contributed by atoms with Gasteiger partial charge in [-0.05, 0) is 30.9 Å². The number of carbonyl (C=O) groups is 1. The molecule has 0 fully saturated rings. The molecule has 1 amide bonds. The second-order valence-corrected chi connectivity index (χ2v) is 6.03. The van der Waals surface area contributed by atoms with Crippen LogP contribution < -0.4 is 11.1 Å². The Morgan fingerprint density at radius 3 is 3.06 bits per heavy atom. The Kier molecular flexibility index (Phi) is 3.79. The van der Waals surface area contributed by atoms with Gasteiger partial charge in [0, 0.05) is 17.3 Å². The molecule has 0 saturated heterocycles. The summed E-state index contributed by atoms with van der Waals surface area (Å²) in [6.07, 6.45) is 3.46. The number of thiocarbonyl (C=S) groups is 1. The fourth-order valence-corrected chi connectivity index (χ4v) is 3.13. The summed E-state index contributed by atoms with van der Waals surface area (Å²) in [6, 6.07) is 2.02. The molecule has 92 valence electrons. The molecule has 1 aliphatic rings. The van der Waals surface area contributed by atoms with Gasteiger partial charge >= 0.3 is 0 Å². The summed E-state index contributed by atoms with van der Waals surface area (Å²) >= 11 is 6.48. The molecule has 0 radical (unpaired) electrons. The highest BCUT2D eigenvalue weighted by Gasteiger charge is 2.18. The van der Waals surface area contributed by atoms with Crippen molar-refractivity contribution in [3.8, 4) is 0 Å². The second kappa shape index (κ2) is 5.14. The highest BCUT2D eigenvalue weighted by Crippen LogP contribution is 2.30. The van der Waals surface area contributed by atoms with Crippen molar-refractivity contribution in [3.05, 3.63) is 21.4 Å². The van der Waals surface area contributed by atoms with Crippen molar-refractivity contribution >= 4 is 34.5 Å². The van der Waals surface area contributed by atoms with E-state index < -0.39 is 0 Å². The van der Waals surface area contributed by atoms with Gasteiger partial charge in [0.1, 0.15) is 0 Å². The van der Waals surface area contributed by atoms with Gasteiger partial charge in [0.25, 0.3) is 5.91 Å². The van der Waals surface area contributed by atoms with E-state index in [2.05, 4.69) is 5.32 Å². The predicted molar refractivity (Wildman–Crippen MR) is 74.6 cm³/mol. The summed E-state index contributed by atoms with van der Waals surface area (Å²) in [7, 11) is 0. The molecule has 0 aliphatic heterocycles. The van der Waals surface area contributed by atoms with Crippen molar-refractivity contribution in [2.45, 2.75) is 26.2 Å². The lowest BCUT2D eigenvalue weighted by Crippen LogP contribution is -2.33. The molecule has 3 N–H and O–H groups in total. The fraction of sp³-hybridized carbons (Fsp3) is 0.500. The maximum atomic E-state index is 11.9. The first-order valence-corrected chi connectivity index (χ1v) is 6.99. The van der Waals surface area contributed by atoms with Crippen LogP contribution in [0, 0.1) is 5.92 Å². The summed E-state index contributed by atoms with van der Waals surface area (Å²) in [4.78, 5) is 14.5. The van der Waals surface area contributed by atoms with Gasteiger partial charge in [-0.15, -0.1) is 11.3 Å². The van der Waals surface area contributed by atoms with E-state index in [1.54, 1.807) is 11.3 Å². The standard InChI is InChI=1S/C12H16N2OS2/c1-7(11(13)16)6-14-12(15)10-5-8-3-2-4-9(8)17-10/h5,7H,2-4,6H2,1H3,(H2,13,16)(H,14,15). The first kappa shape index (κ1) is 12.5. The smallest absolute Gasteiger partial charge is 0.261 e. The van der Waals surface area contributed by atoms with E-state index in [0.717, 1.165) is 17.7 Å². The number of fused-ring (bicyclic) bond motifs is 1. The molecule has 1 aliphatic carbocycles. The van der Waals surface area contributed by atoms with Gasteiger partial charge in [-0.3, -0.25) is 4.79 Å². The minimum Gasteiger partial charge on any atom is -0.393 e. The Hall–Kier alpha value is -0.940. The van der Waals surface area contributed by atoms with Crippen LogP contribution in [0.3, 0.4) is 0 Å². The average molecular weight is 268 g/mol. The normalized spacial score (nSPS) is 15.4. The van der Waals surface area contributed by atoms with Crippen LogP contribution in [0.4, 0.5) is 0 Å². The van der Waals surface area contributed by atoms with Crippen molar-refractivity contribution in [2.75, 3.05) is 6.54 Å². The van der Waals surface area contributed by atoms with Crippen molar-refractivity contribution in [1.29, 1.82) is 0 Å². The first-order valence-electron chi connectivity index (χ1n) is 5.77. The SMILES string of the molecule is CC(CNC(=O)c1cc2c(s1)CCC2)C(N)=S. The Bertz CT molecular complexity index is 432. The number of thiophene rings is 1. The topological polar surface area (TPSA) is 55.1 Å². The second-order valence-electron chi connectivity index (χ2n) is 4.43. The van der Waals surface area contributed by atoms with Gasteiger partial charge in [-0.1, -0.05) is 19.1 Å². The predicted octanol–water partition coefficient (Wildman–Crippen LogP) is 1.89. The van der Waals surface area contributed by atoms with Gasteiger partial charge in [-0.2, -0.15) is 0 Å². The summed E-state index contributed by atoms with van der Waals surface area (Å²) in [5.74, 6) is 0.0354. The van der Waals surface area contributed by atoms with Crippen molar-refractivity contribution in [3.63, 3.8) is 0 Å². The summed E-state index contributed by atoms with van der Waals surface area (Å²) in [5, 5.41) is 2.87. The molecule has 0 spiro atoms. The number of hydrogen-bond donors (Lipinski definition) is 2. The minimum atomic E-state index is -0.00694. The fourth-order valence-electron chi connectivity index (χ4n) is 1.87. The molecule has 1 aromatic rings. The van der Waals surface area contributed by atoms with Crippen molar-refractivity contribution in [2.24, 2.45) is 11.7 Å². The zero-order chi connectivity index (χ0) is 12.4. The van der Waals surface area contributed by atoms with Crippen LogP contribution >= 0.6 is 23.6 Å². The largest absolute Gasteiger partial charge is 0.393 e. The zero-order valence-electron chi connectivity index (χ0n) is 9.79. The molecule has 1 heterocycles. The molecule has 2 rings (SSSR count). The maximum absolute atomic E-state index is 11.9. The van der Waals surface area contributed by atoms with Crippen LogP contribution in [0.25, 0.3) is 0 Å². The summed E-state index contributed by atoms with van der Waals surface area (Å²) in [6.45, 7) is 2.42. The van der Waals surface area contributed by atoms with E-state index in [-0.39, 0.29) is 11.8 Å². The van der Waals surface area contributed by atoms with Crippen LogP contribution in [0.15, 0.2) is 6.07 Å². The Morgan fingerprint density at radius 1 is 1.65 bits per heavy atom. The lowest BCUT2D eigenvalue weighted by atomic mass is 10.2. The Morgan fingerprint density at radius 2 is 2.41 bits per heavy atom. The van der Waals surface area contributed by atoms with Gasteiger partial charge in [-0.25, -0.2) is 0 Å². The monoisotopic (exact) mass is 268 g/mol. The molecule has 0 saturated carbocycles. The number of rotatable bonds is 4. The van der Waals surface area contributed by atoms with Crippen LogP contribution in [0.2, 0.25) is 0 Å². The van der Waals surface area contributed by atoms with Crippen molar-refractivity contribution in [1.82, 2.24) is 5.32 Å². The Labute approximate surface area is 110 Å². The number of carbonyl (C=O) groups excluding carboxylic acids is 1. The molecular formula is C12H16N2OS2. The lowest BCUT2D eigenvalue weighted by Gasteiger charge is -2.09. The molecule has 3 nitrogen and oxygen atoms in total. The molecule has 1 aromatic heterocycles. The van der Waals surface area contributed by atoms with Gasteiger partial charge < -0.3 is 11.1 Å². The summed E-state index contributed by atoms with van der Waals surface area (Å²) < 4.78 is 0. The zero-order valence-corrected chi connectivity index (χ0v) is 11.4. The highest BCUT2D eigenvalue weighted by molar-refractivity contribution is 7.80. The molecule has 1 unspecified atom stereocenters. The van der Waals surface area contributed by atoms with E-state index in [1.165, 1.54) is 16.9 Å². The third-order valence-corrected chi connectivity index (χ3v) is 4.66. The Balaban J connectivity index is 1.93. The molecule has 1 atom stereocenters. The number of aryl methyl sites for hydroxylation is 2. The van der Waals surface area contributed by atoms with E-state index >= 15 is 0 Å². The number of hydrogen-bond acceptors (Lipinski definition) is 3. The molecule has 0 aromatic carbocycles. The van der Waals surface area contributed by atoms with Gasteiger partial charge in [0.05, 0.1) is 9.87 Å². The van der Waals surface area contributed by atoms with E-state index in [9.17, 15) is 4.79 Å². The van der Waals surface area contributed by atoms with E-state index in [0.29, 0.717) is 11.5 Å². The van der Waals surface area contributed by atoms with E-state index in [4.69, 9.17) is 18.0 Å². The van der Waals surface area contributed by atoms with Crippen LogP contribution in [0.5, 0.6) is 0 Å². The number of nitrogens with one attached hydrogen (secondary N) is 1. The van der Waals surface area contributed by atoms with Crippen LogP contribution in [-0.4, -0.2) is 17.4 Å². The minimum absolute atomic E-state index is 0.00694. The third kappa shape index (κ3) is 2.84. The van der Waals surface area contributed by atoms with Crippen molar-refractivity contribution < 1.29 is 4.79 Å². The van der Waals surface area contributed by atoms with Crippen LogP contribution in [-0.2, 0) is 12.8 Å². The molecular weight excluding hydrogens is 252 g/mol. The lowest BCUT2D eigenvalue weighted by molar-refractivity contribution is 0.0955. The number of amides is 1. The van der Waals surface area contributed by atoms with E-state index in [1.807, 2.05) is 13.0 Å². The molecule has 17 heavy (non-hydrogen) atoms. The quantitative estimate of drug-likeness (QED) is 0.820. The maximum Gasteiger partial charge on any atom is 0.261 e. The first-order chi connectivity index (χ1) is 8.08. The molecule has 0 bridgehead atoms. The molecule has 5 heteroatoms. The van der Waals surface area contributed by atoms with Crippen LogP contribution in [0.1, 0.15) is 33.5 Å². The van der Waals surface area contributed by atoms with Gasteiger partial charge in [0.15, 0.2) is 0 Å².